The molecule has 1 aromatic rings. The molecule has 1 rings (SSSR count). The van der Waals surface area contributed by atoms with Crippen LogP contribution in [0.15, 0.2) is 18.2 Å². The van der Waals surface area contributed by atoms with Gasteiger partial charge in [0.05, 0.1) is 17.6 Å². The number of hydrogen-bond acceptors (Lipinski definition) is 5. The number of hydrogen-bond donors (Lipinski definition) is 0. The Morgan fingerprint density at radius 1 is 1.45 bits per heavy atom. The fraction of sp³-hybridized carbons (Fsp3) is 0.333. The molecule has 0 aliphatic carbocycles. The van der Waals surface area contributed by atoms with Crippen molar-refractivity contribution in [1.29, 1.82) is 0 Å². The molecule has 8 heteroatoms. The summed E-state index contributed by atoms with van der Waals surface area (Å²) in [6, 6.07) is 4.04. The summed E-state index contributed by atoms with van der Waals surface area (Å²) in [5.74, 6) is -0.980. The van der Waals surface area contributed by atoms with Crippen LogP contribution >= 0.6 is 22.6 Å². The van der Waals surface area contributed by atoms with E-state index in [-0.39, 0.29) is 17.8 Å². The quantitative estimate of drug-likeness (QED) is 0.330. The van der Waals surface area contributed by atoms with Crippen LogP contribution in [0.25, 0.3) is 0 Å². The Kier molecular flexibility index (Phi) is 5.86. The van der Waals surface area contributed by atoms with Gasteiger partial charge in [0.25, 0.3) is 11.6 Å². The average Bonchev–Trinajstić information content (AvgIpc) is 2.43. The van der Waals surface area contributed by atoms with Crippen LogP contribution in [0.1, 0.15) is 17.3 Å². The second kappa shape index (κ2) is 7.17. The predicted molar refractivity (Wildman–Crippen MR) is 79.4 cm³/mol. The molecule has 0 spiro atoms. The molecular formula is C12H13IN2O5. The standard InChI is InChI=1S/C12H13IN2O5/c1-3-14(7-11(16)20-2)12(17)9-6-8(15(18)19)4-5-10(9)13/h4-6H,3,7H2,1-2H3. The second-order valence-corrected chi connectivity index (χ2v) is 4.98. The first kappa shape index (κ1) is 16.3. The van der Waals surface area contributed by atoms with Crippen LogP contribution in [-0.4, -0.2) is 41.9 Å². The van der Waals surface area contributed by atoms with Gasteiger partial charge in [0.1, 0.15) is 6.54 Å². The SMILES string of the molecule is CCN(CC(=O)OC)C(=O)c1cc([N+](=O)[O-])ccc1I. The number of nitro groups is 1. The Hall–Kier alpha value is -1.71. The molecule has 0 aliphatic rings. The number of esters is 1. The minimum Gasteiger partial charge on any atom is -0.468 e. The van der Waals surface area contributed by atoms with Crippen molar-refractivity contribution in [3.63, 3.8) is 0 Å². The maximum atomic E-state index is 12.3. The molecule has 1 amide bonds. The smallest absolute Gasteiger partial charge is 0.325 e. The van der Waals surface area contributed by atoms with Crippen molar-refractivity contribution in [1.82, 2.24) is 4.90 Å². The van der Waals surface area contributed by atoms with Gasteiger partial charge in [-0.2, -0.15) is 0 Å². The molecule has 0 N–H and O–H groups in total. The lowest BCUT2D eigenvalue weighted by molar-refractivity contribution is -0.384. The summed E-state index contributed by atoms with van der Waals surface area (Å²) >= 11 is 1.92. The minimum absolute atomic E-state index is 0.164. The monoisotopic (exact) mass is 392 g/mol. The number of amides is 1. The van der Waals surface area contributed by atoms with Crippen molar-refractivity contribution in [3.8, 4) is 0 Å². The largest absolute Gasteiger partial charge is 0.468 e. The Morgan fingerprint density at radius 3 is 2.60 bits per heavy atom. The Bertz CT molecular complexity index is 547. The Balaban J connectivity index is 3.08. The van der Waals surface area contributed by atoms with Gasteiger partial charge in [0.15, 0.2) is 0 Å². The molecule has 0 aromatic heterocycles. The van der Waals surface area contributed by atoms with Crippen LogP contribution in [0.2, 0.25) is 0 Å². The Morgan fingerprint density at radius 2 is 2.10 bits per heavy atom. The molecule has 0 aliphatic heterocycles. The van der Waals surface area contributed by atoms with E-state index in [9.17, 15) is 19.7 Å². The van der Waals surface area contributed by atoms with E-state index in [2.05, 4.69) is 4.74 Å². The van der Waals surface area contributed by atoms with E-state index < -0.39 is 16.8 Å². The van der Waals surface area contributed by atoms with Gasteiger partial charge in [-0.3, -0.25) is 19.7 Å². The van der Waals surface area contributed by atoms with E-state index in [0.717, 1.165) is 0 Å². The number of non-ortho nitro benzene ring substituents is 1. The third-order valence-electron chi connectivity index (χ3n) is 2.61. The zero-order valence-electron chi connectivity index (χ0n) is 11.0. The predicted octanol–water partition coefficient (Wildman–Crippen LogP) is 1.83. The number of rotatable bonds is 5. The van der Waals surface area contributed by atoms with Crippen molar-refractivity contribution >= 4 is 40.2 Å². The molecule has 7 nitrogen and oxygen atoms in total. The van der Waals surface area contributed by atoms with Crippen LogP contribution in [0.5, 0.6) is 0 Å². The Labute approximate surface area is 129 Å². The molecule has 20 heavy (non-hydrogen) atoms. The lowest BCUT2D eigenvalue weighted by atomic mass is 10.1. The van der Waals surface area contributed by atoms with E-state index >= 15 is 0 Å². The summed E-state index contributed by atoms with van der Waals surface area (Å²) in [6.45, 7) is 1.82. The number of carbonyl (C=O) groups is 2. The number of nitro benzene ring substituents is 1. The van der Waals surface area contributed by atoms with E-state index in [1.54, 1.807) is 6.92 Å². The first-order valence-corrected chi connectivity index (χ1v) is 6.78. The molecule has 0 saturated carbocycles. The van der Waals surface area contributed by atoms with Crippen molar-refractivity contribution in [3.05, 3.63) is 37.4 Å². The zero-order valence-corrected chi connectivity index (χ0v) is 13.1. The van der Waals surface area contributed by atoms with Crippen LogP contribution in [0.4, 0.5) is 5.69 Å². The van der Waals surface area contributed by atoms with Gasteiger partial charge < -0.3 is 9.64 Å². The number of halogens is 1. The normalized spacial score (nSPS) is 9.95. The van der Waals surface area contributed by atoms with E-state index in [1.165, 1.54) is 30.2 Å². The molecule has 0 atom stereocenters. The fourth-order valence-corrected chi connectivity index (χ4v) is 2.07. The highest BCUT2D eigenvalue weighted by Crippen LogP contribution is 2.21. The summed E-state index contributed by atoms with van der Waals surface area (Å²) in [6.07, 6.45) is 0. The first-order valence-electron chi connectivity index (χ1n) is 5.70. The highest BCUT2D eigenvalue weighted by Gasteiger charge is 2.22. The molecule has 0 fully saturated rings. The van der Waals surface area contributed by atoms with Gasteiger partial charge in [-0.05, 0) is 35.6 Å². The van der Waals surface area contributed by atoms with Crippen LogP contribution < -0.4 is 0 Å². The molecule has 0 bridgehead atoms. The number of nitrogens with zero attached hydrogens (tertiary/aromatic N) is 2. The second-order valence-electron chi connectivity index (χ2n) is 3.82. The number of carbonyl (C=O) groups excluding carboxylic acids is 2. The van der Waals surface area contributed by atoms with Crippen LogP contribution in [-0.2, 0) is 9.53 Å². The summed E-state index contributed by atoms with van der Waals surface area (Å²) in [7, 11) is 1.23. The number of likely N-dealkylation sites (N-methyl/N-ethyl adjacent to an activating group) is 1. The summed E-state index contributed by atoms with van der Waals surface area (Å²) in [5.41, 5.74) is 0.0356. The first-order chi connectivity index (χ1) is 9.40. The third-order valence-corrected chi connectivity index (χ3v) is 3.55. The number of benzene rings is 1. The van der Waals surface area contributed by atoms with Crippen LogP contribution in [0.3, 0.4) is 0 Å². The summed E-state index contributed by atoms with van der Waals surface area (Å²) < 4.78 is 5.10. The molecule has 0 saturated heterocycles. The van der Waals surface area contributed by atoms with E-state index in [0.29, 0.717) is 10.1 Å². The van der Waals surface area contributed by atoms with Crippen LogP contribution in [0, 0.1) is 13.7 Å². The lowest BCUT2D eigenvalue weighted by Crippen LogP contribution is -2.36. The zero-order chi connectivity index (χ0) is 15.3. The van der Waals surface area contributed by atoms with Gasteiger partial charge in [0.2, 0.25) is 0 Å². The molecule has 0 unspecified atom stereocenters. The number of methoxy groups -OCH3 is 1. The van der Waals surface area contributed by atoms with Gasteiger partial charge in [-0.25, -0.2) is 0 Å². The third kappa shape index (κ3) is 3.89. The van der Waals surface area contributed by atoms with Crippen molar-refractivity contribution in [2.24, 2.45) is 0 Å². The summed E-state index contributed by atoms with van der Waals surface area (Å²) in [4.78, 5) is 35.0. The highest BCUT2D eigenvalue weighted by atomic mass is 127. The molecule has 1 aromatic carbocycles. The van der Waals surface area contributed by atoms with E-state index in [1.807, 2.05) is 22.6 Å². The minimum atomic E-state index is -0.566. The van der Waals surface area contributed by atoms with Crippen molar-refractivity contribution in [2.45, 2.75) is 6.92 Å². The van der Waals surface area contributed by atoms with Gasteiger partial charge in [-0.15, -0.1) is 0 Å². The lowest BCUT2D eigenvalue weighted by Gasteiger charge is -2.19. The summed E-state index contributed by atoms with van der Waals surface area (Å²) in [5, 5.41) is 10.8. The molecule has 0 radical (unpaired) electrons. The van der Waals surface area contributed by atoms with Gasteiger partial charge in [-0.1, -0.05) is 0 Å². The molecular weight excluding hydrogens is 379 g/mol. The van der Waals surface area contributed by atoms with Crippen molar-refractivity contribution < 1.29 is 19.2 Å². The molecule has 0 heterocycles. The maximum absolute atomic E-state index is 12.3. The highest BCUT2D eigenvalue weighted by molar-refractivity contribution is 14.1. The average molecular weight is 392 g/mol. The number of ether oxygens (including phenoxy) is 1. The topological polar surface area (TPSA) is 89.8 Å². The fourth-order valence-electron chi connectivity index (χ4n) is 1.51. The van der Waals surface area contributed by atoms with E-state index in [4.69, 9.17) is 0 Å². The molecule has 108 valence electrons. The maximum Gasteiger partial charge on any atom is 0.325 e. The van der Waals surface area contributed by atoms with Crippen molar-refractivity contribution in [2.75, 3.05) is 20.2 Å². The van der Waals surface area contributed by atoms with Gasteiger partial charge in [0, 0.05) is 22.2 Å². The van der Waals surface area contributed by atoms with Gasteiger partial charge >= 0.3 is 5.97 Å².